The van der Waals surface area contributed by atoms with Crippen LogP contribution >= 0.6 is 11.6 Å². The molecule has 7 heteroatoms. The number of fused-ring (bicyclic) bond motifs is 1. The van der Waals surface area contributed by atoms with Gasteiger partial charge in [0, 0.05) is 29.6 Å². The van der Waals surface area contributed by atoms with E-state index < -0.39 is 6.04 Å². The minimum Gasteiger partial charge on any atom is -0.506 e. The van der Waals surface area contributed by atoms with E-state index in [1.807, 2.05) is 52.8 Å². The number of phenolic OH excluding ortho intramolecular Hbond substituents is 1. The number of anilines is 2. The van der Waals surface area contributed by atoms with E-state index in [9.17, 15) is 14.7 Å². The minimum absolute atomic E-state index is 0.00258. The number of ketones is 1. The van der Waals surface area contributed by atoms with Gasteiger partial charge in [-0.1, -0.05) is 82.3 Å². The van der Waals surface area contributed by atoms with Crippen LogP contribution in [0.1, 0.15) is 66.0 Å². The molecule has 1 unspecified atom stereocenters. The number of aromatic hydroxyl groups is 1. The highest BCUT2D eigenvalue weighted by Gasteiger charge is 2.43. The number of halogens is 1. The number of nitrogens with zero attached hydrogens (tertiary/aromatic N) is 1. The zero-order chi connectivity index (χ0) is 29.6. The molecule has 1 heterocycles. The lowest BCUT2D eigenvalue weighted by Crippen LogP contribution is -2.38. The van der Waals surface area contributed by atoms with E-state index in [-0.39, 0.29) is 22.9 Å². The summed E-state index contributed by atoms with van der Waals surface area (Å²) in [5.41, 5.74) is 3.34. The summed E-state index contributed by atoms with van der Waals surface area (Å²) in [5.74, 6) is 0.223. The van der Waals surface area contributed by atoms with Gasteiger partial charge in [0.15, 0.2) is 5.78 Å². The molecule has 0 bridgehead atoms. The number of para-hydroxylation sites is 1. The Hall–Kier alpha value is -3.77. The molecule has 2 N–H and O–H groups in total. The normalized spacial score (nSPS) is 18.2. The van der Waals surface area contributed by atoms with Crippen LogP contribution in [0.4, 0.5) is 11.4 Å². The van der Waals surface area contributed by atoms with E-state index >= 15 is 0 Å². The Bertz CT molecular complexity index is 1390. The molecule has 0 aromatic heterocycles. The molecular weight excluding hydrogens is 524 g/mol. The van der Waals surface area contributed by atoms with Crippen LogP contribution in [0, 0.1) is 5.41 Å². The quantitative estimate of drug-likeness (QED) is 0.273. The SMILES string of the molecule is C=C/C=C\C(=C/C)COc1ccc(C2C3=C(CC(C)(C)CC3=O)Nc3c(O)cccc3N2C(C)=O)c(Cl)c1.CC. The van der Waals surface area contributed by atoms with Gasteiger partial charge in [0.1, 0.15) is 23.8 Å². The van der Waals surface area contributed by atoms with Crippen molar-refractivity contribution in [2.75, 3.05) is 16.8 Å². The number of hydrogen-bond donors (Lipinski definition) is 2. The standard InChI is InChI=1S/C31H33ClN2O4.C2H6/c1-6-8-10-20(7-2)18-38-21-13-14-22(23(32)15-21)30-28-24(16-31(4,5)17-27(28)37)33-29-25(34(30)19(3)35)11-9-12-26(29)36;1-2/h6-15,30,33,36H,1,16-18H2,2-5H3;1-2H3/b10-8-,20-7+;. The lowest BCUT2D eigenvalue weighted by Gasteiger charge is -2.37. The van der Waals surface area contributed by atoms with E-state index in [4.69, 9.17) is 16.3 Å². The zero-order valence-electron chi connectivity index (χ0n) is 24.2. The summed E-state index contributed by atoms with van der Waals surface area (Å²) >= 11 is 6.85. The van der Waals surface area contributed by atoms with Gasteiger partial charge < -0.3 is 15.2 Å². The van der Waals surface area contributed by atoms with Gasteiger partial charge in [-0.3, -0.25) is 14.5 Å². The first-order valence-corrected chi connectivity index (χ1v) is 14.0. The molecule has 212 valence electrons. The molecule has 1 aliphatic heterocycles. The van der Waals surface area contributed by atoms with Crippen molar-refractivity contribution in [2.45, 2.75) is 60.4 Å². The zero-order valence-corrected chi connectivity index (χ0v) is 24.9. The number of ether oxygens (including phenoxy) is 1. The van der Waals surface area contributed by atoms with Crippen LogP contribution < -0.4 is 15.0 Å². The molecule has 40 heavy (non-hydrogen) atoms. The largest absolute Gasteiger partial charge is 0.506 e. The second-order valence-corrected chi connectivity index (χ2v) is 10.8. The molecule has 6 nitrogen and oxygen atoms in total. The number of hydrogen-bond acceptors (Lipinski definition) is 5. The number of allylic oxidation sites excluding steroid dienone is 4. The molecule has 1 atom stereocenters. The van der Waals surface area contributed by atoms with Crippen molar-refractivity contribution in [2.24, 2.45) is 5.41 Å². The third-order valence-corrected chi connectivity index (χ3v) is 7.16. The van der Waals surface area contributed by atoms with Gasteiger partial charge in [0.05, 0.1) is 11.7 Å². The molecular formula is C33H39ClN2O4. The first-order valence-electron chi connectivity index (χ1n) is 13.6. The van der Waals surface area contributed by atoms with Crippen molar-refractivity contribution in [1.29, 1.82) is 0 Å². The van der Waals surface area contributed by atoms with Crippen LogP contribution in [0.3, 0.4) is 0 Å². The number of amides is 1. The highest BCUT2D eigenvalue weighted by Crippen LogP contribution is 2.51. The van der Waals surface area contributed by atoms with Crippen LogP contribution in [0.15, 0.2) is 84.1 Å². The fraction of sp³-hybridized carbons (Fsp3) is 0.333. The molecule has 0 saturated carbocycles. The van der Waals surface area contributed by atoms with Crippen molar-refractivity contribution < 1.29 is 19.4 Å². The van der Waals surface area contributed by atoms with Gasteiger partial charge in [0.25, 0.3) is 0 Å². The van der Waals surface area contributed by atoms with Crippen LogP contribution in [-0.4, -0.2) is 23.4 Å². The number of carbonyl (C=O) groups excluding carboxylic acids is 2. The predicted octanol–water partition coefficient (Wildman–Crippen LogP) is 8.30. The Kier molecular flexibility index (Phi) is 10.0. The van der Waals surface area contributed by atoms with Crippen molar-refractivity contribution >= 4 is 34.7 Å². The summed E-state index contributed by atoms with van der Waals surface area (Å²) in [4.78, 5) is 28.4. The average Bonchev–Trinajstić information content (AvgIpc) is 3.04. The summed E-state index contributed by atoms with van der Waals surface area (Å²) in [6.45, 7) is 15.5. The molecule has 2 aromatic rings. The van der Waals surface area contributed by atoms with Crippen LogP contribution in [0.2, 0.25) is 5.02 Å². The Morgan fingerprint density at radius 3 is 2.60 bits per heavy atom. The molecule has 0 saturated heterocycles. The van der Waals surface area contributed by atoms with E-state index in [1.165, 1.54) is 6.92 Å². The fourth-order valence-electron chi connectivity index (χ4n) is 5.09. The maximum atomic E-state index is 13.7. The van der Waals surface area contributed by atoms with Gasteiger partial charge >= 0.3 is 0 Å². The number of phenols is 1. The molecule has 0 spiro atoms. The molecule has 1 aliphatic carbocycles. The smallest absolute Gasteiger partial charge is 0.224 e. The Morgan fingerprint density at radius 2 is 1.98 bits per heavy atom. The van der Waals surface area contributed by atoms with Gasteiger partial charge in [0.2, 0.25) is 5.91 Å². The third kappa shape index (κ3) is 6.50. The van der Waals surface area contributed by atoms with Gasteiger partial charge in [-0.2, -0.15) is 0 Å². The third-order valence-electron chi connectivity index (χ3n) is 6.84. The van der Waals surface area contributed by atoms with E-state index in [1.54, 1.807) is 47.4 Å². The highest BCUT2D eigenvalue weighted by atomic mass is 35.5. The molecule has 1 amide bonds. The van der Waals surface area contributed by atoms with Gasteiger partial charge in [-0.15, -0.1) is 0 Å². The summed E-state index contributed by atoms with van der Waals surface area (Å²) < 4.78 is 5.96. The Balaban J connectivity index is 0.00000216. The summed E-state index contributed by atoms with van der Waals surface area (Å²) in [6.07, 6.45) is 8.33. The second kappa shape index (κ2) is 13.1. The van der Waals surface area contributed by atoms with Crippen molar-refractivity contribution in [1.82, 2.24) is 0 Å². The van der Waals surface area contributed by atoms with Crippen molar-refractivity contribution in [3.05, 3.63) is 94.7 Å². The Labute approximate surface area is 242 Å². The highest BCUT2D eigenvalue weighted by molar-refractivity contribution is 6.31. The summed E-state index contributed by atoms with van der Waals surface area (Å²) in [7, 11) is 0. The van der Waals surface area contributed by atoms with E-state index in [0.29, 0.717) is 58.4 Å². The van der Waals surface area contributed by atoms with Gasteiger partial charge in [-0.05, 0) is 54.2 Å². The Morgan fingerprint density at radius 1 is 1.25 bits per heavy atom. The van der Waals surface area contributed by atoms with Gasteiger partial charge in [-0.25, -0.2) is 0 Å². The van der Waals surface area contributed by atoms with Crippen molar-refractivity contribution in [3.63, 3.8) is 0 Å². The van der Waals surface area contributed by atoms with Crippen LogP contribution in [0.25, 0.3) is 0 Å². The maximum Gasteiger partial charge on any atom is 0.224 e. The fourth-order valence-corrected chi connectivity index (χ4v) is 5.36. The monoisotopic (exact) mass is 562 g/mol. The van der Waals surface area contributed by atoms with E-state index in [0.717, 1.165) is 5.57 Å². The molecule has 0 fully saturated rings. The molecule has 0 radical (unpaired) electrons. The minimum atomic E-state index is -0.773. The molecule has 2 aliphatic rings. The number of Topliss-reactive ketones (excluding diaryl/α,β-unsaturated/α-hetero) is 1. The lowest BCUT2D eigenvalue weighted by atomic mass is 9.73. The summed E-state index contributed by atoms with van der Waals surface area (Å²) in [6, 6.07) is 9.52. The van der Waals surface area contributed by atoms with Crippen molar-refractivity contribution in [3.8, 4) is 11.5 Å². The average molecular weight is 563 g/mol. The molecule has 4 rings (SSSR count). The summed E-state index contributed by atoms with van der Waals surface area (Å²) in [5, 5.41) is 14.4. The number of nitrogens with one attached hydrogen (secondary N) is 1. The maximum absolute atomic E-state index is 13.7. The molecule has 2 aromatic carbocycles. The van der Waals surface area contributed by atoms with E-state index in [2.05, 4.69) is 11.9 Å². The van der Waals surface area contributed by atoms with Crippen LogP contribution in [0.5, 0.6) is 11.5 Å². The number of benzene rings is 2. The number of rotatable bonds is 6. The lowest BCUT2D eigenvalue weighted by molar-refractivity contribution is -0.118. The topological polar surface area (TPSA) is 78.9 Å². The predicted molar refractivity (Wildman–Crippen MR) is 164 cm³/mol. The first kappa shape index (κ1) is 30.8. The number of carbonyl (C=O) groups is 2. The van der Waals surface area contributed by atoms with Crippen LogP contribution in [-0.2, 0) is 9.59 Å². The first-order chi connectivity index (χ1) is 19.1. The second-order valence-electron chi connectivity index (χ2n) is 10.4.